The molecule has 1 aliphatic heterocycles. The third-order valence-corrected chi connectivity index (χ3v) is 5.84. The number of nitrogens with one attached hydrogen (secondary N) is 1. The first-order chi connectivity index (χ1) is 18.7. The maximum absolute atomic E-state index is 12.2. The molecule has 3 aromatic rings. The first-order valence-corrected chi connectivity index (χ1v) is 12.2. The van der Waals surface area contributed by atoms with E-state index in [4.69, 9.17) is 19.8 Å². The number of rotatable bonds is 6. The van der Waals surface area contributed by atoms with Crippen LogP contribution in [0.15, 0.2) is 53.6 Å². The minimum atomic E-state index is -5.08. The van der Waals surface area contributed by atoms with Gasteiger partial charge in [-0.05, 0) is 47.0 Å². The maximum Gasteiger partial charge on any atom is 0.490 e. The zero-order valence-corrected chi connectivity index (χ0v) is 21.2. The van der Waals surface area contributed by atoms with Crippen molar-refractivity contribution in [2.45, 2.75) is 37.9 Å². The Kier molecular flexibility index (Phi) is 11.6. The third kappa shape index (κ3) is 10.6. The lowest BCUT2D eigenvalue weighted by Crippen LogP contribution is -2.38. The minimum Gasteiger partial charge on any atom is -0.475 e. The molecule has 0 aliphatic carbocycles. The Bertz CT molecular complexity index is 1210. The number of hydrogen-bond donors (Lipinski definition) is 3. The van der Waals surface area contributed by atoms with Crippen LogP contribution >= 0.6 is 11.3 Å². The quantitative estimate of drug-likeness (QED) is 0.364. The van der Waals surface area contributed by atoms with E-state index in [0.29, 0.717) is 12.1 Å². The zero-order chi connectivity index (χ0) is 29.9. The molecule has 1 amide bonds. The van der Waals surface area contributed by atoms with E-state index in [9.17, 15) is 31.1 Å². The number of fused-ring (bicyclic) bond motifs is 1. The van der Waals surface area contributed by atoms with E-state index < -0.39 is 24.3 Å². The number of carbonyl (C=O) groups excluding carboxylic acids is 1. The average molecular weight is 596 g/mol. The minimum absolute atomic E-state index is 0.0790. The van der Waals surface area contributed by atoms with E-state index in [1.807, 2.05) is 6.20 Å². The molecule has 0 bridgehead atoms. The van der Waals surface area contributed by atoms with Crippen LogP contribution in [0.3, 0.4) is 0 Å². The van der Waals surface area contributed by atoms with Crippen LogP contribution in [-0.2, 0) is 22.7 Å². The molecule has 17 heteroatoms. The first kappa shape index (κ1) is 32.2. The van der Waals surface area contributed by atoms with Gasteiger partial charge in [0.15, 0.2) is 0 Å². The Labute approximate surface area is 226 Å². The number of aliphatic carboxylic acids is 2. The van der Waals surface area contributed by atoms with E-state index >= 15 is 0 Å². The van der Waals surface area contributed by atoms with Crippen molar-refractivity contribution in [3.8, 4) is 0 Å². The standard InChI is InChI=1S/C19H21N5OS.2C2HF3O2/c25-19(16-2-1-6-20-10-16)21-7-3-17-12-23(11-15-5-9-26-14-15)13-18-4-8-22-24(17)18;2*3-2(4,5)1(6)7/h1-2,4-6,8-10,14,17H,3,7,11-13H2,(H,21,25);2*(H,6,7). The number of amides is 1. The van der Waals surface area contributed by atoms with Crippen LogP contribution in [0.2, 0.25) is 0 Å². The number of halogens is 6. The van der Waals surface area contributed by atoms with Crippen molar-refractivity contribution >= 4 is 29.2 Å². The summed E-state index contributed by atoms with van der Waals surface area (Å²) in [5.74, 6) is -5.59. The molecule has 0 fully saturated rings. The number of carbonyl (C=O) groups is 3. The summed E-state index contributed by atoms with van der Waals surface area (Å²) in [6.07, 6.45) is -4.20. The number of alkyl halides is 6. The highest BCUT2D eigenvalue weighted by molar-refractivity contribution is 7.07. The van der Waals surface area contributed by atoms with Gasteiger partial charge < -0.3 is 15.5 Å². The lowest BCUT2D eigenvalue weighted by atomic mass is 10.1. The molecule has 3 N–H and O–H groups in total. The molecule has 10 nitrogen and oxygen atoms in total. The number of hydrogen-bond acceptors (Lipinski definition) is 7. The van der Waals surface area contributed by atoms with Gasteiger partial charge in [0, 0.05) is 44.8 Å². The number of pyridine rings is 1. The van der Waals surface area contributed by atoms with E-state index in [0.717, 1.165) is 26.1 Å². The number of carboxylic acid groups (broad SMARTS) is 2. The second-order valence-electron chi connectivity index (χ2n) is 8.11. The predicted molar refractivity (Wildman–Crippen MR) is 128 cm³/mol. The number of nitrogens with zero attached hydrogens (tertiary/aromatic N) is 4. The van der Waals surface area contributed by atoms with Gasteiger partial charge in [-0.2, -0.15) is 42.8 Å². The molecule has 0 radical (unpaired) electrons. The fourth-order valence-corrected chi connectivity index (χ4v) is 4.05. The summed E-state index contributed by atoms with van der Waals surface area (Å²) in [6, 6.07) is 8.08. The van der Waals surface area contributed by atoms with Crippen molar-refractivity contribution in [1.29, 1.82) is 0 Å². The molecule has 1 aliphatic rings. The van der Waals surface area contributed by atoms with Gasteiger partial charge >= 0.3 is 24.3 Å². The highest BCUT2D eigenvalue weighted by Crippen LogP contribution is 2.24. The fraction of sp³-hybridized carbons (Fsp3) is 0.348. The van der Waals surface area contributed by atoms with Gasteiger partial charge in [-0.25, -0.2) is 9.59 Å². The van der Waals surface area contributed by atoms with Crippen molar-refractivity contribution in [2.75, 3.05) is 13.1 Å². The predicted octanol–water partition coefficient (Wildman–Crippen LogP) is 3.98. The van der Waals surface area contributed by atoms with E-state index in [1.54, 1.807) is 35.9 Å². The molecule has 4 heterocycles. The molecule has 1 unspecified atom stereocenters. The SMILES string of the molecule is O=C(NCCC1CN(Cc2ccsc2)Cc2ccnn21)c1cccnc1.O=C(O)C(F)(F)F.O=C(O)C(F)(F)F. The third-order valence-electron chi connectivity index (χ3n) is 5.11. The molecule has 0 spiro atoms. The molecule has 3 aromatic heterocycles. The van der Waals surface area contributed by atoms with Gasteiger partial charge in [-0.15, -0.1) is 0 Å². The molecular formula is C23H23F6N5O5S. The molecule has 0 aromatic carbocycles. The molecular weight excluding hydrogens is 572 g/mol. The summed E-state index contributed by atoms with van der Waals surface area (Å²) in [6.45, 7) is 3.42. The van der Waals surface area contributed by atoms with Gasteiger partial charge in [0.05, 0.1) is 17.3 Å². The molecule has 0 saturated carbocycles. The summed E-state index contributed by atoms with van der Waals surface area (Å²) < 4.78 is 65.6. The van der Waals surface area contributed by atoms with Crippen LogP contribution in [0, 0.1) is 0 Å². The zero-order valence-electron chi connectivity index (χ0n) is 20.4. The lowest BCUT2D eigenvalue weighted by molar-refractivity contribution is -0.193. The second-order valence-corrected chi connectivity index (χ2v) is 8.89. The summed E-state index contributed by atoms with van der Waals surface area (Å²) in [7, 11) is 0. The molecule has 1 atom stereocenters. The van der Waals surface area contributed by atoms with Crippen LogP contribution in [0.5, 0.6) is 0 Å². The summed E-state index contributed by atoms with van der Waals surface area (Å²) in [5.41, 5.74) is 3.18. The van der Waals surface area contributed by atoms with Gasteiger partial charge in [0.2, 0.25) is 0 Å². The lowest BCUT2D eigenvalue weighted by Gasteiger charge is -2.33. The molecule has 0 saturated heterocycles. The average Bonchev–Trinajstić information content (AvgIpc) is 3.56. The van der Waals surface area contributed by atoms with Crippen molar-refractivity contribution in [2.24, 2.45) is 0 Å². The normalized spacial score (nSPS) is 15.0. The van der Waals surface area contributed by atoms with Gasteiger partial charge in [-0.1, -0.05) is 0 Å². The smallest absolute Gasteiger partial charge is 0.475 e. The van der Waals surface area contributed by atoms with Crippen molar-refractivity contribution in [3.05, 3.63) is 70.4 Å². The van der Waals surface area contributed by atoms with Crippen LogP contribution in [0.4, 0.5) is 26.3 Å². The highest BCUT2D eigenvalue weighted by Gasteiger charge is 2.38. The maximum atomic E-state index is 12.2. The topological polar surface area (TPSA) is 138 Å². The van der Waals surface area contributed by atoms with Crippen LogP contribution < -0.4 is 5.32 Å². The molecule has 218 valence electrons. The fourth-order valence-electron chi connectivity index (χ4n) is 3.39. The van der Waals surface area contributed by atoms with Gasteiger partial charge in [-0.3, -0.25) is 19.4 Å². The molecule has 40 heavy (non-hydrogen) atoms. The summed E-state index contributed by atoms with van der Waals surface area (Å²) in [5, 5.41) is 26.1. The van der Waals surface area contributed by atoms with E-state index in [1.165, 1.54) is 11.3 Å². The first-order valence-electron chi connectivity index (χ1n) is 11.2. The Morgan fingerprint density at radius 1 is 1.02 bits per heavy atom. The van der Waals surface area contributed by atoms with Crippen molar-refractivity contribution in [1.82, 2.24) is 25.0 Å². The number of aromatic nitrogens is 3. The Balaban J connectivity index is 0.000000333. The van der Waals surface area contributed by atoms with Crippen LogP contribution in [-0.4, -0.2) is 73.2 Å². The van der Waals surface area contributed by atoms with Crippen LogP contribution in [0.25, 0.3) is 0 Å². The number of thiophene rings is 1. The summed E-state index contributed by atoms with van der Waals surface area (Å²) in [4.78, 5) is 36.4. The van der Waals surface area contributed by atoms with Crippen molar-refractivity contribution in [3.63, 3.8) is 0 Å². The Hall–Kier alpha value is -3.99. The highest BCUT2D eigenvalue weighted by atomic mass is 32.1. The van der Waals surface area contributed by atoms with Gasteiger partial charge in [0.25, 0.3) is 5.91 Å². The summed E-state index contributed by atoms with van der Waals surface area (Å²) >= 11 is 1.73. The monoisotopic (exact) mass is 595 g/mol. The molecule has 4 rings (SSSR count). The second kappa shape index (κ2) is 14.4. The van der Waals surface area contributed by atoms with E-state index in [2.05, 4.69) is 47.9 Å². The van der Waals surface area contributed by atoms with Gasteiger partial charge in [0.1, 0.15) is 0 Å². The van der Waals surface area contributed by atoms with E-state index in [-0.39, 0.29) is 11.9 Å². The van der Waals surface area contributed by atoms with Crippen LogP contribution in [0.1, 0.15) is 34.1 Å². The number of carboxylic acids is 2. The largest absolute Gasteiger partial charge is 0.490 e. The Morgan fingerprint density at radius 3 is 2.20 bits per heavy atom. The Morgan fingerprint density at radius 2 is 1.68 bits per heavy atom. The van der Waals surface area contributed by atoms with Crippen molar-refractivity contribution < 1.29 is 50.9 Å².